The summed E-state index contributed by atoms with van der Waals surface area (Å²) in [5.74, 6) is 2.57. The topological polar surface area (TPSA) is 90.6 Å². The molecule has 2 aromatic carbocycles. The largest absolute Gasteiger partial charge is 0.497 e. The Morgan fingerprint density at radius 1 is 1.06 bits per heavy atom. The average molecular weight is 446 g/mol. The van der Waals surface area contributed by atoms with E-state index in [1.807, 2.05) is 69.3 Å². The number of fused-ring (bicyclic) bond motifs is 1. The van der Waals surface area contributed by atoms with E-state index >= 15 is 0 Å². The molecule has 0 aliphatic rings. The van der Waals surface area contributed by atoms with E-state index < -0.39 is 0 Å². The first kappa shape index (κ1) is 22.3. The van der Waals surface area contributed by atoms with Crippen LogP contribution in [0, 0.1) is 13.8 Å². The normalized spacial score (nSPS) is 10.9. The summed E-state index contributed by atoms with van der Waals surface area (Å²) in [6, 6.07) is 15.0. The van der Waals surface area contributed by atoms with Gasteiger partial charge in [0.2, 0.25) is 5.91 Å². The standard InChI is InChI=1S/C25H27N5O3/c1-5-33-20-11-9-19(10-12-20)27-23(31)14-13-22-16(2)26-25-28-24(29-30(25)17(22)3)18-7-6-8-21(15-18)32-4/h6-12,15H,5,13-14H2,1-4H3,(H,27,31). The monoisotopic (exact) mass is 445 g/mol. The van der Waals surface area contributed by atoms with Gasteiger partial charge in [-0.2, -0.15) is 4.98 Å². The average Bonchev–Trinajstić information content (AvgIpc) is 3.25. The zero-order valence-corrected chi connectivity index (χ0v) is 19.3. The van der Waals surface area contributed by atoms with Crippen LogP contribution in [0.5, 0.6) is 11.5 Å². The third kappa shape index (κ3) is 4.95. The molecule has 4 rings (SSSR count). The zero-order valence-electron chi connectivity index (χ0n) is 19.3. The van der Waals surface area contributed by atoms with Crippen molar-refractivity contribution < 1.29 is 14.3 Å². The van der Waals surface area contributed by atoms with Crippen molar-refractivity contribution in [2.24, 2.45) is 0 Å². The number of hydrogen-bond donors (Lipinski definition) is 1. The van der Waals surface area contributed by atoms with Crippen molar-refractivity contribution in [2.75, 3.05) is 19.0 Å². The maximum absolute atomic E-state index is 12.5. The molecule has 170 valence electrons. The first-order chi connectivity index (χ1) is 16.0. The third-order valence-corrected chi connectivity index (χ3v) is 5.43. The Morgan fingerprint density at radius 2 is 1.85 bits per heavy atom. The van der Waals surface area contributed by atoms with E-state index in [1.54, 1.807) is 11.6 Å². The second-order valence-corrected chi connectivity index (χ2v) is 7.65. The lowest BCUT2D eigenvalue weighted by Crippen LogP contribution is -2.14. The van der Waals surface area contributed by atoms with E-state index in [1.165, 1.54) is 0 Å². The van der Waals surface area contributed by atoms with E-state index in [0.717, 1.165) is 39.7 Å². The lowest BCUT2D eigenvalue weighted by molar-refractivity contribution is -0.116. The van der Waals surface area contributed by atoms with E-state index in [9.17, 15) is 4.79 Å². The second kappa shape index (κ2) is 9.68. The molecule has 2 aromatic heterocycles. The van der Waals surface area contributed by atoms with Crippen molar-refractivity contribution in [1.29, 1.82) is 0 Å². The van der Waals surface area contributed by atoms with Gasteiger partial charge >= 0.3 is 0 Å². The number of carbonyl (C=O) groups excluding carboxylic acids is 1. The van der Waals surface area contributed by atoms with Crippen molar-refractivity contribution in [3.8, 4) is 22.9 Å². The van der Waals surface area contributed by atoms with Gasteiger partial charge in [-0.3, -0.25) is 4.79 Å². The van der Waals surface area contributed by atoms with Crippen LogP contribution in [0.1, 0.15) is 30.3 Å². The van der Waals surface area contributed by atoms with Crippen molar-refractivity contribution in [3.63, 3.8) is 0 Å². The Labute approximate surface area is 192 Å². The minimum Gasteiger partial charge on any atom is -0.497 e. The van der Waals surface area contributed by atoms with E-state index in [2.05, 4.69) is 20.4 Å². The Balaban J connectivity index is 1.50. The number of nitrogens with zero attached hydrogens (tertiary/aromatic N) is 4. The van der Waals surface area contributed by atoms with Crippen LogP contribution >= 0.6 is 0 Å². The van der Waals surface area contributed by atoms with Crippen molar-refractivity contribution in [2.45, 2.75) is 33.6 Å². The molecule has 8 nitrogen and oxygen atoms in total. The van der Waals surface area contributed by atoms with Gasteiger partial charge in [-0.15, -0.1) is 5.10 Å². The van der Waals surface area contributed by atoms with Crippen LogP contribution in [0.2, 0.25) is 0 Å². The van der Waals surface area contributed by atoms with E-state index in [-0.39, 0.29) is 5.91 Å². The molecule has 0 atom stereocenters. The minimum absolute atomic E-state index is 0.0614. The number of methoxy groups -OCH3 is 1. The number of rotatable bonds is 8. The van der Waals surface area contributed by atoms with Gasteiger partial charge in [0, 0.05) is 29.1 Å². The number of aryl methyl sites for hydroxylation is 2. The van der Waals surface area contributed by atoms with Crippen LogP contribution in [0.4, 0.5) is 5.69 Å². The molecule has 0 aliphatic carbocycles. The highest BCUT2D eigenvalue weighted by molar-refractivity contribution is 5.90. The smallest absolute Gasteiger partial charge is 0.253 e. The summed E-state index contributed by atoms with van der Waals surface area (Å²) in [4.78, 5) is 21.7. The van der Waals surface area contributed by atoms with Gasteiger partial charge in [-0.25, -0.2) is 9.50 Å². The van der Waals surface area contributed by atoms with E-state index in [0.29, 0.717) is 31.1 Å². The molecule has 0 fully saturated rings. The molecule has 0 saturated heterocycles. The van der Waals surface area contributed by atoms with Crippen LogP contribution in [0.15, 0.2) is 48.5 Å². The molecular weight excluding hydrogens is 418 g/mol. The number of amides is 1. The fourth-order valence-corrected chi connectivity index (χ4v) is 3.72. The Kier molecular flexibility index (Phi) is 6.53. The number of anilines is 1. The van der Waals surface area contributed by atoms with Crippen LogP contribution in [-0.2, 0) is 11.2 Å². The molecule has 1 amide bonds. The molecule has 0 radical (unpaired) electrons. The van der Waals surface area contributed by atoms with Crippen molar-refractivity contribution >= 4 is 17.4 Å². The predicted octanol–water partition coefficient (Wildman–Crippen LogP) is 4.39. The molecule has 33 heavy (non-hydrogen) atoms. The molecule has 0 aliphatic heterocycles. The summed E-state index contributed by atoms with van der Waals surface area (Å²) in [5.41, 5.74) is 4.36. The van der Waals surface area contributed by atoms with Crippen LogP contribution in [0.3, 0.4) is 0 Å². The van der Waals surface area contributed by atoms with Gasteiger partial charge in [-0.05, 0) is 69.2 Å². The number of nitrogens with one attached hydrogen (secondary N) is 1. The number of hydrogen-bond acceptors (Lipinski definition) is 6. The third-order valence-electron chi connectivity index (χ3n) is 5.43. The minimum atomic E-state index is -0.0614. The summed E-state index contributed by atoms with van der Waals surface area (Å²) in [6.07, 6.45) is 0.886. The molecule has 4 aromatic rings. The molecule has 8 heteroatoms. The molecule has 0 unspecified atom stereocenters. The Morgan fingerprint density at radius 3 is 2.58 bits per heavy atom. The maximum atomic E-state index is 12.5. The highest BCUT2D eigenvalue weighted by Crippen LogP contribution is 2.23. The van der Waals surface area contributed by atoms with Gasteiger partial charge in [0.1, 0.15) is 11.5 Å². The SMILES string of the molecule is CCOc1ccc(NC(=O)CCc2c(C)nc3nc(-c4cccc(OC)c4)nn3c2C)cc1. The van der Waals surface area contributed by atoms with Crippen LogP contribution in [0.25, 0.3) is 17.2 Å². The Bertz CT molecular complexity index is 1280. The molecule has 2 heterocycles. The number of carbonyl (C=O) groups is 1. The van der Waals surface area contributed by atoms with Gasteiger partial charge < -0.3 is 14.8 Å². The van der Waals surface area contributed by atoms with E-state index in [4.69, 9.17) is 9.47 Å². The highest BCUT2D eigenvalue weighted by Gasteiger charge is 2.16. The summed E-state index contributed by atoms with van der Waals surface area (Å²) >= 11 is 0. The first-order valence-corrected chi connectivity index (χ1v) is 10.9. The van der Waals surface area contributed by atoms with Gasteiger partial charge in [0.15, 0.2) is 5.82 Å². The molecule has 1 N–H and O–H groups in total. The van der Waals surface area contributed by atoms with Crippen LogP contribution < -0.4 is 14.8 Å². The number of benzene rings is 2. The Hall–Kier alpha value is -3.94. The molecular formula is C25H27N5O3. The molecule has 0 spiro atoms. The summed E-state index contributed by atoms with van der Waals surface area (Å²) in [7, 11) is 1.63. The fraction of sp³-hybridized carbons (Fsp3) is 0.280. The fourth-order valence-electron chi connectivity index (χ4n) is 3.72. The van der Waals surface area contributed by atoms with Crippen molar-refractivity contribution in [3.05, 3.63) is 65.5 Å². The predicted molar refractivity (Wildman–Crippen MR) is 127 cm³/mol. The lowest BCUT2D eigenvalue weighted by atomic mass is 10.1. The molecule has 0 saturated carbocycles. The zero-order chi connectivity index (χ0) is 23.4. The summed E-state index contributed by atoms with van der Waals surface area (Å²) in [6.45, 7) is 6.46. The lowest BCUT2D eigenvalue weighted by Gasteiger charge is -2.11. The molecule has 0 bridgehead atoms. The maximum Gasteiger partial charge on any atom is 0.253 e. The van der Waals surface area contributed by atoms with Crippen molar-refractivity contribution in [1.82, 2.24) is 19.6 Å². The van der Waals surface area contributed by atoms with Gasteiger partial charge in [0.25, 0.3) is 5.78 Å². The summed E-state index contributed by atoms with van der Waals surface area (Å²) in [5, 5.41) is 7.59. The number of ether oxygens (including phenoxy) is 2. The van der Waals surface area contributed by atoms with Gasteiger partial charge in [-0.1, -0.05) is 12.1 Å². The summed E-state index contributed by atoms with van der Waals surface area (Å²) < 4.78 is 12.5. The number of aromatic nitrogens is 4. The quantitative estimate of drug-likeness (QED) is 0.433. The second-order valence-electron chi connectivity index (χ2n) is 7.65. The first-order valence-electron chi connectivity index (χ1n) is 10.9. The van der Waals surface area contributed by atoms with Crippen LogP contribution in [-0.4, -0.2) is 39.2 Å². The highest BCUT2D eigenvalue weighted by atomic mass is 16.5. The van der Waals surface area contributed by atoms with Gasteiger partial charge in [0.05, 0.1) is 13.7 Å².